The van der Waals surface area contributed by atoms with Crippen LogP contribution in [0.5, 0.6) is 0 Å². The third-order valence-electron chi connectivity index (χ3n) is 3.67. The van der Waals surface area contributed by atoms with Gasteiger partial charge in [-0.3, -0.25) is 14.5 Å². The number of primary amides is 1. The Balaban J connectivity index is 2.53. The van der Waals surface area contributed by atoms with E-state index in [1.54, 1.807) is 0 Å². The van der Waals surface area contributed by atoms with Gasteiger partial charge in [0.1, 0.15) is 0 Å². The van der Waals surface area contributed by atoms with Gasteiger partial charge < -0.3 is 10.8 Å². The zero-order valence-corrected chi connectivity index (χ0v) is 10.6. The summed E-state index contributed by atoms with van der Waals surface area (Å²) in [4.78, 5) is 24.0. The summed E-state index contributed by atoms with van der Waals surface area (Å²) in [6, 6.07) is 0.581. The van der Waals surface area contributed by atoms with Crippen molar-refractivity contribution in [2.75, 3.05) is 6.54 Å². The van der Waals surface area contributed by atoms with E-state index in [4.69, 9.17) is 10.8 Å². The fourth-order valence-electron chi connectivity index (χ4n) is 2.48. The number of nitrogens with two attached hydrogens (primary N) is 1. The van der Waals surface area contributed by atoms with Crippen LogP contribution in [0.2, 0.25) is 0 Å². The molecule has 0 radical (unpaired) electrons. The van der Waals surface area contributed by atoms with Gasteiger partial charge in [0.05, 0.1) is 5.92 Å². The van der Waals surface area contributed by atoms with Gasteiger partial charge in [-0.25, -0.2) is 0 Å². The maximum atomic E-state index is 11.2. The lowest BCUT2D eigenvalue weighted by molar-refractivity contribution is -0.137. The number of carbonyl (C=O) groups excluding carboxylic acids is 1. The van der Waals surface area contributed by atoms with Gasteiger partial charge in [-0.05, 0) is 33.1 Å². The minimum atomic E-state index is -0.770. The molecule has 1 saturated heterocycles. The van der Waals surface area contributed by atoms with Crippen LogP contribution in [-0.2, 0) is 9.59 Å². The van der Waals surface area contributed by atoms with Crippen LogP contribution in [0.25, 0.3) is 0 Å². The summed E-state index contributed by atoms with van der Waals surface area (Å²) >= 11 is 0. The second-order valence-corrected chi connectivity index (χ2v) is 5.00. The van der Waals surface area contributed by atoms with Crippen LogP contribution in [-0.4, -0.2) is 40.5 Å². The van der Waals surface area contributed by atoms with Crippen molar-refractivity contribution in [3.05, 3.63) is 0 Å². The summed E-state index contributed by atoms with van der Waals surface area (Å²) in [5.74, 6) is -1.10. The van der Waals surface area contributed by atoms with E-state index in [0.29, 0.717) is 19.0 Å². The molecule has 0 bridgehead atoms. The number of amides is 1. The Morgan fingerprint density at radius 2 is 2.12 bits per heavy atom. The molecule has 3 unspecified atom stereocenters. The van der Waals surface area contributed by atoms with Gasteiger partial charge in [-0.2, -0.15) is 0 Å². The molecule has 98 valence electrons. The molecule has 1 aliphatic heterocycles. The Bertz CT molecular complexity index is 293. The molecule has 0 aromatic carbocycles. The first-order valence-corrected chi connectivity index (χ1v) is 6.18. The second kappa shape index (κ2) is 6.00. The summed E-state index contributed by atoms with van der Waals surface area (Å²) in [7, 11) is 0. The summed E-state index contributed by atoms with van der Waals surface area (Å²) in [5.41, 5.74) is 5.34. The zero-order valence-electron chi connectivity index (χ0n) is 10.6. The van der Waals surface area contributed by atoms with Gasteiger partial charge in [0.25, 0.3) is 0 Å². The maximum absolute atomic E-state index is 11.2. The molecule has 1 heterocycles. The lowest BCUT2D eigenvalue weighted by Crippen LogP contribution is -2.49. The Labute approximate surface area is 102 Å². The largest absolute Gasteiger partial charge is 0.481 e. The number of carbonyl (C=O) groups is 2. The molecule has 1 amide bonds. The van der Waals surface area contributed by atoms with Crippen molar-refractivity contribution >= 4 is 11.9 Å². The highest BCUT2D eigenvalue weighted by Crippen LogP contribution is 2.25. The molecular formula is C12H22N2O3. The van der Waals surface area contributed by atoms with E-state index in [1.807, 2.05) is 6.92 Å². The molecule has 0 aliphatic carbocycles. The van der Waals surface area contributed by atoms with Crippen LogP contribution >= 0.6 is 0 Å². The molecule has 0 spiro atoms. The van der Waals surface area contributed by atoms with Gasteiger partial charge >= 0.3 is 5.97 Å². The highest BCUT2D eigenvalue weighted by atomic mass is 16.4. The average Bonchev–Trinajstić information content (AvgIpc) is 2.26. The van der Waals surface area contributed by atoms with E-state index in [9.17, 15) is 9.59 Å². The Kier molecular flexibility index (Phi) is 4.93. The average molecular weight is 242 g/mol. The van der Waals surface area contributed by atoms with Gasteiger partial charge in [0, 0.05) is 25.0 Å². The van der Waals surface area contributed by atoms with E-state index >= 15 is 0 Å². The summed E-state index contributed by atoms with van der Waals surface area (Å²) in [6.45, 7) is 4.80. The lowest BCUT2D eigenvalue weighted by atomic mass is 9.91. The van der Waals surface area contributed by atoms with Crippen molar-refractivity contribution in [1.29, 1.82) is 0 Å². The molecule has 5 heteroatoms. The number of piperidine rings is 1. The maximum Gasteiger partial charge on any atom is 0.303 e. The van der Waals surface area contributed by atoms with Gasteiger partial charge in [-0.1, -0.05) is 0 Å². The van der Waals surface area contributed by atoms with Crippen LogP contribution < -0.4 is 5.73 Å². The Hall–Kier alpha value is -1.10. The predicted molar refractivity (Wildman–Crippen MR) is 64.4 cm³/mol. The number of hydrogen-bond donors (Lipinski definition) is 2. The Morgan fingerprint density at radius 1 is 1.47 bits per heavy atom. The SMILES string of the molecule is CC(CCC(=O)O)N1CC(C(N)=O)CCC1C. The monoisotopic (exact) mass is 242 g/mol. The fraction of sp³-hybridized carbons (Fsp3) is 0.833. The summed E-state index contributed by atoms with van der Waals surface area (Å²) in [5, 5.41) is 8.67. The van der Waals surface area contributed by atoms with Crippen LogP contribution in [0, 0.1) is 5.92 Å². The van der Waals surface area contributed by atoms with Crippen LogP contribution in [0.1, 0.15) is 39.5 Å². The molecule has 5 nitrogen and oxygen atoms in total. The van der Waals surface area contributed by atoms with E-state index in [-0.39, 0.29) is 24.3 Å². The first kappa shape index (κ1) is 14.0. The molecule has 0 aromatic heterocycles. The molecule has 0 saturated carbocycles. The number of likely N-dealkylation sites (tertiary alicyclic amines) is 1. The van der Waals surface area contributed by atoms with E-state index in [2.05, 4.69) is 11.8 Å². The highest BCUT2D eigenvalue weighted by Gasteiger charge is 2.31. The molecule has 1 fully saturated rings. The van der Waals surface area contributed by atoms with Gasteiger partial charge in [0.15, 0.2) is 0 Å². The minimum Gasteiger partial charge on any atom is -0.481 e. The topological polar surface area (TPSA) is 83.6 Å². The fourth-order valence-corrected chi connectivity index (χ4v) is 2.48. The van der Waals surface area contributed by atoms with E-state index < -0.39 is 5.97 Å². The number of rotatable bonds is 5. The number of aliphatic carboxylic acids is 1. The smallest absolute Gasteiger partial charge is 0.303 e. The molecular weight excluding hydrogens is 220 g/mol. The molecule has 17 heavy (non-hydrogen) atoms. The quantitative estimate of drug-likeness (QED) is 0.747. The predicted octanol–water partition coefficient (Wildman–Crippen LogP) is 0.825. The summed E-state index contributed by atoms with van der Waals surface area (Å²) in [6.07, 6.45) is 2.58. The van der Waals surface area contributed by atoms with Crippen molar-refractivity contribution in [3.8, 4) is 0 Å². The van der Waals surface area contributed by atoms with Crippen LogP contribution in [0.3, 0.4) is 0 Å². The number of hydrogen-bond acceptors (Lipinski definition) is 3. The first-order valence-electron chi connectivity index (χ1n) is 6.18. The number of nitrogens with zero attached hydrogens (tertiary/aromatic N) is 1. The van der Waals surface area contributed by atoms with E-state index in [0.717, 1.165) is 12.8 Å². The molecule has 1 aliphatic rings. The van der Waals surface area contributed by atoms with Crippen molar-refractivity contribution in [2.24, 2.45) is 11.7 Å². The zero-order chi connectivity index (χ0) is 13.0. The third-order valence-corrected chi connectivity index (χ3v) is 3.67. The lowest BCUT2D eigenvalue weighted by Gasteiger charge is -2.40. The minimum absolute atomic E-state index is 0.0847. The van der Waals surface area contributed by atoms with Gasteiger partial charge in [0.2, 0.25) is 5.91 Å². The second-order valence-electron chi connectivity index (χ2n) is 5.00. The Morgan fingerprint density at radius 3 is 2.65 bits per heavy atom. The number of carboxylic acids is 1. The van der Waals surface area contributed by atoms with Crippen LogP contribution in [0.15, 0.2) is 0 Å². The highest BCUT2D eigenvalue weighted by molar-refractivity contribution is 5.77. The van der Waals surface area contributed by atoms with Crippen molar-refractivity contribution < 1.29 is 14.7 Å². The molecule has 3 atom stereocenters. The molecule has 1 rings (SSSR count). The van der Waals surface area contributed by atoms with Crippen molar-refractivity contribution in [1.82, 2.24) is 4.90 Å². The summed E-state index contributed by atoms with van der Waals surface area (Å²) < 4.78 is 0. The number of carboxylic acid groups (broad SMARTS) is 1. The normalized spacial score (nSPS) is 27.6. The van der Waals surface area contributed by atoms with Crippen molar-refractivity contribution in [2.45, 2.75) is 51.6 Å². The first-order chi connectivity index (χ1) is 7.91. The molecule has 3 N–H and O–H groups in total. The van der Waals surface area contributed by atoms with Crippen molar-refractivity contribution in [3.63, 3.8) is 0 Å². The van der Waals surface area contributed by atoms with Gasteiger partial charge in [-0.15, -0.1) is 0 Å². The van der Waals surface area contributed by atoms with Crippen LogP contribution in [0.4, 0.5) is 0 Å². The third kappa shape index (κ3) is 4.00. The molecule has 0 aromatic rings. The standard InChI is InChI=1S/C12H22N2O3/c1-8-3-5-10(12(13)17)7-14(8)9(2)4-6-11(15)16/h8-10H,3-7H2,1-2H3,(H2,13,17)(H,15,16). The van der Waals surface area contributed by atoms with E-state index in [1.165, 1.54) is 0 Å².